The Morgan fingerprint density at radius 1 is 1.07 bits per heavy atom. The van der Waals surface area contributed by atoms with Gasteiger partial charge in [0, 0.05) is 48.5 Å². The van der Waals surface area contributed by atoms with Crippen LogP contribution < -0.4 is 21.1 Å². The second-order valence-electron chi connectivity index (χ2n) is 9.90. The first-order chi connectivity index (χ1) is 19.5. The number of nitrogen functional groups attached to an aromatic ring is 1. The molecule has 0 spiro atoms. The lowest BCUT2D eigenvalue weighted by atomic mass is 10.1. The number of rotatable bonds is 7. The van der Waals surface area contributed by atoms with Crippen LogP contribution >= 0.6 is 0 Å². The van der Waals surface area contributed by atoms with Crippen LogP contribution in [0.25, 0.3) is 5.82 Å². The summed E-state index contributed by atoms with van der Waals surface area (Å²) in [4.78, 5) is 27.7. The molecule has 41 heavy (non-hydrogen) atoms. The number of nitrogens with one attached hydrogen (secondary N) is 2. The average Bonchev–Trinajstić information content (AvgIpc) is 3.39. The van der Waals surface area contributed by atoms with E-state index in [1.54, 1.807) is 41.2 Å². The number of nitrogens with zero attached hydrogens (tertiary/aromatic N) is 5. The Labute approximate surface area is 234 Å². The van der Waals surface area contributed by atoms with E-state index in [4.69, 9.17) is 10.5 Å². The van der Waals surface area contributed by atoms with Crippen LogP contribution in [0.3, 0.4) is 0 Å². The van der Waals surface area contributed by atoms with Gasteiger partial charge in [0.1, 0.15) is 29.8 Å². The third kappa shape index (κ3) is 6.74. The number of nitrogens with two attached hydrogens (primary N) is 1. The van der Waals surface area contributed by atoms with Crippen molar-refractivity contribution in [1.29, 1.82) is 0 Å². The summed E-state index contributed by atoms with van der Waals surface area (Å²) in [5.74, 6) is 0.552. The molecule has 0 unspecified atom stereocenters. The number of hydrogen-bond acceptors (Lipinski definition) is 8. The van der Waals surface area contributed by atoms with Crippen molar-refractivity contribution in [3.05, 3.63) is 77.9 Å². The monoisotopic (exact) mass is 566 g/mol. The van der Waals surface area contributed by atoms with Crippen molar-refractivity contribution < 1.29 is 22.7 Å². The molecule has 4 N–H and O–H groups in total. The Bertz CT molecular complexity index is 1550. The maximum absolute atomic E-state index is 13.7. The molecular formula is C28H29F3N8O2. The molecule has 0 aliphatic carbocycles. The molecule has 1 fully saturated rings. The van der Waals surface area contributed by atoms with Crippen molar-refractivity contribution in [1.82, 2.24) is 24.4 Å². The van der Waals surface area contributed by atoms with Crippen LogP contribution in [-0.2, 0) is 6.18 Å². The highest BCUT2D eigenvalue weighted by Crippen LogP contribution is 2.34. The predicted octanol–water partition coefficient (Wildman–Crippen LogP) is 5.04. The van der Waals surface area contributed by atoms with Gasteiger partial charge in [-0.1, -0.05) is 6.07 Å². The van der Waals surface area contributed by atoms with Gasteiger partial charge in [0.05, 0.1) is 5.56 Å². The molecule has 0 radical (unpaired) electrons. The number of piperidine rings is 1. The minimum atomic E-state index is -4.64. The van der Waals surface area contributed by atoms with Gasteiger partial charge in [-0.15, -0.1) is 0 Å². The highest BCUT2D eigenvalue weighted by Gasteiger charge is 2.32. The molecule has 1 aliphatic heterocycles. The van der Waals surface area contributed by atoms with Crippen molar-refractivity contribution in [3.8, 4) is 11.6 Å². The molecule has 1 saturated heterocycles. The number of amides is 1. The van der Waals surface area contributed by atoms with Crippen LogP contribution in [0.15, 0.2) is 61.2 Å². The Hall–Kier alpha value is -4.65. The number of aryl methyl sites for hydroxylation is 1. The van der Waals surface area contributed by atoms with Gasteiger partial charge >= 0.3 is 6.18 Å². The van der Waals surface area contributed by atoms with E-state index in [1.807, 2.05) is 14.0 Å². The molecule has 2 aromatic carbocycles. The summed E-state index contributed by atoms with van der Waals surface area (Å²) in [6.45, 7) is 3.44. The number of imidazole rings is 1. The summed E-state index contributed by atoms with van der Waals surface area (Å²) in [7, 11) is 1.98. The lowest BCUT2D eigenvalue weighted by Gasteiger charge is -2.29. The van der Waals surface area contributed by atoms with Gasteiger partial charge in [-0.25, -0.2) is 15.0 Å². The third-order valence-electron chi connectivity index (χ3n) is 6.77. The standard InChI is InChI=1S/C28H29F3N8O2/c1-17-3-4-20(14-23(17)37-27-33-7-10-39(27)25-15-24(32)34-16-35-25)36-26(40)18-11-19(28(29,30)31)13-22(12-18)41-21-5-8-38(2)9-6-21/h3-4,7,10-16,21H,5-6,8-9H2,1-2H3,(H,33,37)(H,36,40)(H2,32,34,35). The summed E-state index contributed by atoms with van der Waals surface area (Å²) in [6.07, 6.45) is 1.14. The van der Waals surface area contributed by atoms with E-state index in [0.29, 0.717) is 41.8 Å². The van der Waals surface area contributed by atoms with Gasteiger partial charge in [0.15, 0.2) is 0 Å². The summed E-state index contributed by atoms with van der Waals surface area (Å²) >= 11 is 0. The number of likely N-dealkylation sites (tertiary alicyclic amines) is 1. The van der Waals surface area contributed by atoms with Gasteiger partial charge in [0.2, 0.25) is 5.95 Å². The van der Waals surface area contributed by atoms with Gasteiger partial charge in [-0.05, 0) is 62.7 Å². The van der Waals surface area contributed by atoms with Gasteiger partial charge < -0.3 is 26.0 Å². The van der Waals surface area contributed by atoms with Crippen molar-refractivity contribution in [3.63, 3.8) is 0 Å². The van der Waals surface area contributed by atoms with Crippen molar-refractivity contribution in [2.45, 2.75) is 32.0 Å². The smallest absolute Gasteiger partial charge is 0.416 e. The van der Waals surface area contributed by atoms with E-state index < -0.39 is 17.6 Å². The molecule has 3 heterocycles. The molecule has 2 aromatic heterocycles. The highest BCUT2D eigenvalue weighted by atomic mass is 19.4. The van der Waals surface area contributed by atoms with E-state index in [0.717, 1.165) is 30.8 Å². The first-order valence-electron chi connectivity index (χ1n) is 12.9. The Morgan fingerprint density at radius 2 is 1.85 bits per heavy atom. The fourth-order valence-electron chi connectivity index (χ4n) is 4.49. The molecule has 1 amide bonds. The average molecular weight is 567 g/mol. The molecule has 0 bridgehead atoms. The highest BCUT2D eigenvalue weighted by molar-refractivity contribution is 6.05. The quantitative estimate of drug-likeness (QED) is 0.284. The Morgan fingerprint density at radius 3 is 2.59 bits per heavy atom. The number of hydrogen-bond donors (Lipinski definition) is 3. The first-order valence-corrected chi connectivity index (χ1v) is 12.9. The van der Waals surface area contributed by atoms with Crippen LogP contribution in [0.2, 0.25) is 0 Å². The fraction of sp³-hybridized carbons (Fsp3) is 0.286. The second-order valence-corrected chi connectivity index (χ2v) is 9.90. The summed E-state index contributed by atoms with van der Waals surface area (Å²) in [6, 6.07) is 9.82. The fourth-order valence-corrected chi connectivity index (χ4v) is 4.49. The van der Waals surface area contributed by atoms with Gasteiger partial charge in [0.25, 0.3) is 5.91 Å². The normalized spacial score (nSPS) is 14.6. The zero-order chi connectivity index (χ0) is 29.1. The lowest BCUT2D eigenvalue weighted by Crippen LogP contribution is -2.35. The Balaban J connectivity index is 1.36. The number of halogens is 3. The predicted molar refractivity (Wildman–Crippen MR) is 149 cm³/mol. The van der Waals surface area contributed by atoms with Crippen LogP contribution in [0.1, 0.15) is 34.3 Å². The number of carbonyl (C=O) groups excluding carboxylic acids is 1. The number of carbonyl (C=O) groups is 1. The molecule has 13 heteroatoms. The van der Waals surface area contributed by atoms with Crippen LogP contribution in [0, 0.1) is 6.92 Å². The van der Waals surface area contributed by atoms with Crippen molar-refractivity contribution in [2.24, 2.45) is 0 Å². The minimum absolute atomic E-state index is 0.0167. The largest absolute Gasteiger partial charge is 0.490 e. The van der Waals surface area contributed by atoms with E-state index in [-0.39, 0.29) is 17.4 Å². The first kappa shape index (κ1) is 27.9. The third-order valence-corrected chi connectivity index (χ3v) is 6.77. The number of ether oxygens (including phenoxy) is 1. The van der Waals surface area contributed by atoms with E-state index >= 15 is 0 Å². The SMILES string of the molecule is Cc1ccc(NC(=O)c2cc(OC3CCN(C)CC3)cc(C(F)(F)F)c2)cc1Nc1nccn1-c1cc(N)ncn1. The van der Waals surface area contributed by atoms with Crippen LogP contribution in [-0.4, -0.2) is 56.6 Å². The number of aromatic nitrogens is 4. The molecule has 1 aliphatic rings. The van der Waals surface area contributed by atoms with E-state index in [9.17, 15) is 18.0 Å². The molecule has 5 rings (SSSR count). The molecule has 0 saturated carbocycles. The van der Waals surface area contributed by atoms with E-state index in [2.05, 4.69) is 30.5 Å². The lowest BCUT2D eigenvalue weighted by molar-refractivity contribution is -0.137. The van der Waals surface area contributed by atoms with Gasteiger partial charge in [-0.2, -0.15) is 13.2 Å². The molecular weight excluding hydrogens is 537 g/mol. The zero-order valence-corrected chi connectivity index (χ0v) is 22.4. The van der Waals surface area contributed by atoms with Crippen LogP contribution in [0.5, 0.6) is 5.75 Å². The minimum Gasteiger partial charge on any atom is -0.490 e. The maximum Gasteiger partial charge on any atom is 0.416 e. The zero-order valence-electron chi connectivity index (χ0n) is 22.4. The molecule has 214 valence electrons. The Kier molecular flexibility index (Phi) is 7.79. The van der Waals surface area contributed by atoms with Crippen molar-refractivity contribution in [2.75, 3.05) is 36.5 Å². The topological polar surface area (TPSA) is 123 Å². The van der Waals surface area contributed by atoms with Gasteiger partial charge in [-0.3, -0.25) is 9.36 Å². The maximum atomic E-state index is 13.7. The van der Waals surface area contributed by atoms with E-state index in [1.165, 1.54) is 12.4 Å². The number of alkyl halides is 3. The second kappa shape index (κ2) is 11.5. The summed E-state index contributed by atoms with van der Waals surface area (Å²) in [5, 5.41) is 5.91. The molecule has 0 atom stereocenters. The molecule has 4 aromatic rings. The summed E-state index contributed by atoms with van der Waals surface area (Å²) < 4.78 is 48.7. The number of benzene rings is 2. The van der Waals surface area contributed by atoms with Crippen molar-refractivity contribution >= 4 is 29.0 Å². The van der Waals surface area contributed by atoms with Crippen LogP contribution in [0.4, 0.5) is 36.3 Å². The molecule has 10 nitrogen and oxygen atoms in total. The number of anilines is 4. The summed E-state index contributed by atoms with van der Waals surface area (Å²) in [5.41, 5.74) is 6.51.